The van der Waals surface area contributed by atoms with E-state index in [1.165, 1.54) is 33.6 Å². The van der Waals surface area contributed by atoms with Crippen LogP contribution in [0.4, 0.5) is 11.4 Å². The third kappa shape index (κ3) is 6.38. The Bertz CT molecular complexity index is 878. The molecule has 3 aromatic carbocycles. The van der Waals surface area contributed by atoms with Gasteiger partial charge in [0.05, 0.1) is 0 Å². The van der Waals surface area contributed by atoms with Gasteiger partial charge in [-0.15, -0.1) is 0 Å². The highest BCUT2D eigenvalue weighted by atomic mass is 15.1. The number of benzene rings is 3. The Balaban J connectivity index is 1.49. The van der Waals surface area contributed by atoms with Crippen molar-refractivity contribution in [2.24, 2.45) is 0 Å². The molecule has 0 aliphatic heterocycles. The number of anilines is 2. The Labute approximate surface area is 181 Å². The van der Waals surface area contributed by atoms with Crippen molar-refractivity contribution in [1.82, 2.24) is 0 Å². The molecule has 3 aromatic rings. The minimum atomic E-state index is 0.948. The average molecular weight is 397 g/mol. The van der Waals surface area contributed by atoms with Gasteiger partial charge in [-0.1, -0.05) is 72.8 Å². The summed E-state index contributed by atoms with van der Waals surface area (Å²) < 4.78 is 0. The van der Waals surface area contributed by atoms with Crippen LogP contribution in [-0.4, -0.2) is 28.2 Å². The second kappa shape index (κ2) is 10.5. The van der Waals surface area contributed by atoms with Gasteiger partial charge in [0.15, 0.2) is 0 Å². The van der Waals surface area contributed by atoms with E-state index in [1.54, 1.807) is 0 Å². The van der Waals surface area contributed by atoms with E-state index in [-0.39, 0.29) is 0 Å². The molecule has 154 valence electrons. The van der Waals surface area contributed by atoms with Crippen LogP contribution in [0.25, 0.3) is 12.2 Å². The molecule has 0 radical (unpaired) electrons. The van der Waals surface area contributed by atoms with E-state index in [1.807, 2.05) is 0 Å². The van der Waals surface area contributed by atoms with Crippen LogP contribution >= 0.6 is 0 Å². The molecular weight excluding hydrogens is 364 g/mol. The van der Waals surface area contributed by atoms with Gasteiger partial charge in [0, 0.05) is 39.6 Å². The average Bonchev–Trinajstić information content (AvgIpc) is 2.75. The molecule has 3 rings (SSSR count). The summed E-state index contributed by atoms with van der Waals surface area (Å²) in [6.45, 7) is 0. The maximum atomic E-state index is 2.23. The fraction of sp³-hybridized carbons (Fsp3) is 0.214. The molecule has 0 fully saturated rings. The van der Waals surface area contributed by atoms with Crippen molar-refractivity contribution in [1.29, 1.82) is 0 Å². The second-order valence-electron chi connectivity index (χ2n) is 8.00. The van der Waals surface area contributed by atoms with Gasteiger partial charge in [-0.05, 0) is 59.4 Å². The first-order valence-corrected chi connectivity index (χ1v) is 10.5. The maximum absolute atomic E-state index is 2.23. The lowest BCUT2D eigenvalue weighted by atomic mass is 10.1. The maximum Gasteiger partial charge on any atom is 0.0361 e. The number of nitrogens with zero attached hydrogens (tertiary/aromatic N) is 2. The largest absolute Gasteiger partial charge is 0.378 e. The van der Waals surface area contributed by atoms with Gasteiger partial charge in [0.2, 0.25) is 0 Å². The van der Waals surface area contributed by atoms with Crippen LogP contribution in [0.15, 0.2) is 84.9 Å². The van der Waals surface area contributed by atoms with Crippen LogP contribution in [0.1, 0.15) is 22.3 Å². The Kier molecular flexibility index (Phi) is 7.51. The summed E-state index contributed by atoms with van der Waals surface area (Å²) in [6.07, 6.45) is 10.7. The topological polar surface area (TPSA) is 6.48 Å². The van der Waals surface area contributed by atoms with Crippen molar-refractivity contribution in [3.8, 4) is 0 Å². The van der Waals surface area contributed by atoms with E-state index in [9.17, 15) is 0 Å². The molecule has 0 aromatic heterocycles. The Morgan fingerprint density at radius 2 is 0.833 bits per heavy atom. The number of allylic oxidation sites excluding steroid dienone is 2. The van der Waals surface area contributed by atoms with E-state index in [2.05, 4.69) is 135 Å². The van der Waals surface area contributed by atoms with Crippen molar-refractivity contribution >= 4 is 23.5 Å². The smallest absolute Gasteiger partial charge is 0.0361 e. The molecule has 0 aliphatic rings. The molecule has 0 atom stereocenters. The molecule has 0 aliphatic carbocycles. The van der Waals surface area contributed by atoms with Crippen molar-refractivity contribution in [3.05, 3.63) is 107 Å². The Morgan fingerprint density at radius 1 is 0.500 bits per heavy atom. The third-order valence-corrected chi connectivity index (χ3v) is 5.17. The lowest BCUT2D eigenvalue weighted by Gasteiger charge is -2.11. The highest BCUT2D eigenvalue weighted by Gasteiger charge is 1.96. The normalized spacial score (nSPS) is 11.3. The van der Waals surface area contributed by atoms with E-state index in [0.29, 0.717) is 0 Å². The molecule has 0 spiro atoms. The van der Waals surface area contributed by atoms with Gasteiger partial charge >= 0.3 is 0 Å². The molecule has 2 heteroatoms. The highest BCUT2D eigenvalue weighted by Crippen LogP contribution is 2.15. The predicted molar refractivity (Wildman–Crippen MR) is 133 cm³/mol. The lowest BCUT2D eigenvalue weighted by molar-refractivity contribution is 1.13. The van der Waals surface area contributed by atoms with Crippen LogP contribution in [0.2, 0.25) is 0 Å². The van der Waals surface area contributed by atoms with Crippen LogP contribution in [0, 0.1) is 0 Å². The van der Waals surface area contributed by atoms with Crippen molar-refractivity contribution < 1.29 is 0 Å². The van der Waals surface area contributed by atoms with Crippen LogP contribution in [-0.2, 0) is 12.8 Å². The minimum Gasteiger partial charge on any atom is -0.378 e. The number of hydrogen-bond acceptors (Lipinski definition) is 2. The first-order chi connectivity index (χ1) is 14.5. The van der Waals surface area contributed by atoms with Gasteiger partial charge < -0.3 is 9.80 Å². The quantitative estimate of drug-likeness (QED) is 0.439. The van der Waals surface area contributed by atoms with Gasteiger partial charge in [-0.2, -0.15) is 0 Å². The second-order valence-corrected chi connectivity index (χ2v) is 8.00. The highest BCUT2D eigenvalue weighted by molar-refractivity contribution is 5.56. The fourth-order valence-corrected chi connectivity index (χ4v) is 3.24. The summed E-state index contributed by atoms with van der Waals surface area (Å²) in [5, 5.41) is 0. The molecule has 0 heterocycles. The molecule has 2 nitrogen and oxygen atoms in total. The zero-order valence-corrected chi connectivity index (χ0v) is 18.5. The predicted octanol–water partition coefficient (Wildman–Crippen LogP) is 6.33. The van der Waals surface area contributed by atoms with Crippen LogP contribution in [0.5, 0.6) is 0 Å². The van der Waals surface area contributed by atoms with E-state index in [0.717, 1.165) is 12.8 Å². The Hall–Kier alpha value is -3.26. The first-order valence-electron chi connectivity index (χ1n) is 10.5. The molecule has 0 N–H and O–H groups in total. The summed E-state index contributed by atoms with van der Waals surface area (Å²) in [7, 11) is 8.25. The van der Waals surface area contributed by atoms with Gasteiger partial charge in [0.25, 0.3) is 0 Å². The zero-order chi connectivity index (χ0) is 21.3. The first kappa shape index (κ1) is 21.4. The molecule has 0 saturated heterocycles. The summed E-state index contributed by atoms with van der Waals surface area (Å²) in [6, 6.07) is 26.2. The Morgan fingerprint density at radius 3 is 1.13 bits per heavy atom. The molecule has 30 heavy (non-hydrogen) atoms. The van der Waals surface area contributed by atoms with Crippen LogP contribution < -0.4 is 9.80 Å². The van der Waals surface area contributed by atoms with Crippen molar-refractivity contribution in [2.45, 2.75) is 12.8 Å². The number of hydrogen-bond donors (Lipinski definition) is 0. The van der Waals surface area contributed by atoms with E-state index in [4.69, 9.17) is 0 Å². The molecule has 0 amide bonds. The minimum absolute atomic E-state index is 0.948. The summed E-state index contributed by atoms with van der Waals surface area (Å²) >= 11 is 0. The summed E-state index contributed by atoms with van der Waals surface area (Å²) in [5.41, 5.74) is 7.60. The molecule has 0 bridgehead atoms. The van der Waals surface area contributed by atoms with Crippen molar-refractivity contribution in [3.63, 3.8) is 0 Å². The molecule has 0 saturated carbocycles. The summed E-state index contributed by atoms with van der Waals surface area (Å²) in [4.78, 5) is 4.23. The van der Waals surface area contributed by atoms with Gasteiger partial charge in [0.1, 0.15) is 0 Å². The van der Waals surface area contributed by atoms with Crippen molar-refractivity contribution in [2.75, 3.05) is 38.0 Å². The fourth-order valence-electron chi connectivity index (χ4n) is 3.24. The third-order valence-electron chi connectivity index (χ3n) is 5.17. The van der Waals surface area contributed by atoms with Gasteiger partial charge in [-0.3, -0.25) is 0 Å². The molecule has 0 unspecified atom stereocenters. The van der Waals surface area contributed by atoms with Crippen LogP contribution in [0.3, 0.4) is 0 Å². The zero-order valence-electron chi connectivity index (χ0n) is 18.5. The number of rotatable bonds is 8. The van der Waals surface area contributed by atoms with Gasteiger partial charge in [-0.25, -0.2) is 0 Å². The van der Waals surface area contributed by atoms with E-state index >= 15 is 0 Å². The van der Waals surface area contributed by atoms with E-state index < -0.39 is 0 Å². The summed E-state index contributed by atoms with van der Waals surface area (Å²) in [5.74, 6) is 0. The SMILES string of the molecule is CN(C)c1ccc(C=CCc2ccc(CC=Cc3ccc(N(C)C)cc3)cc2)cc1. The monoisotopic (exact) mass is 396 g/mol. The standard InChI is InChI=1S/C28H32N2/c1-29(2)27-19-15-25(16-20-27)9-5-7-23-11-13-24(14-12-23)8-6-10-26-17-21-28(22-18-26)30(3)4/h5-6,9-22H,7-8H2,1-4H3. The lowest BCUT2D eigenvalue weighted by Crippen LogP contribution is -2.07. The molecular formula is C28H32N2.